The molecule has 6 heteroatoms. The van der Waals surface area contributed by atoms with Crippen molar-refractivity contribution in [2.24, 2.45) is 11.7 Å². The summed E-state index contributed by atoms with van der Waals surface area (Å²) in [6.45, 7) is 0.539. The van der Waals surface area contributed by atoms with Gasteiger partial charge in [-0.1, -0.05) is 35.7 Å². The first-order valence-corrected chi connectivity index (χ1v) is 7.66. The van der Waals surface area contributed by atoms with Crippen LogP contribution in [0.3, 0.4) is 0 Å². The molecule has 2 rings (SSSR count). The highest BCUT2D eigenvalue weighted by molar-refractivity contribution is 6.42. The van der Waals surface area contributed by atoms with Crippen LogP contribution in [0.5, 0.6) is 0 Å². The molecule has 2 N–H and O–H groups in total. The van der Waals surface area contributed by atoms with Gasteiger partial charge in [-0.3, -0.25) is 4.79 Å². The van der Waals surface area contributed by atoms with E-state index in [0.717, 1.165) is 24.8 Å². The van der Waals surface area contributed by atoms with E-state index in [1.165, 1.54) is 0 Å². The lowest BCUT2D eigenvalue weighted by Crippen LogP contribution is -2.32. The summed E-state index contributed by atoms with van der Waals surface area (Å²) in [4.78, 5) is 13.9. The van der Waals surface area contributed by atoms with Gasteiger partial charge in [0.25, 0.3) is 0 Å². The van der Waals surface area contributed by atoms with E-state index in [9.17, 15) is 4.79 Å². The molecule has 1 aliphatic carbocycles. The van der Waals surface area contributed by atoms with E-state index in [2.05, 4.69) is 0 Å². The Morgan fingerprint density at radius 1 is 1.33 bits per heavy atom. The van der Waals surface area contributed by atoms with Crippen LogP contribution in [0, 0.1) is 5.92 Å². The summed E-state index contributed by atoms with van der Waals surface area (Å²) in [6.07, 6.45) is 3.77. The fourth-order valence-corrected chi connectivity index (χ4v) is 3.02. The minimum absolute atomic E-state index is 0. The number of carbonyl (C=O) groups excluding carboxylic acids is 1. The molecule has 21 heavy (non-hydrogen) atoms. The van der Waals surface area contributed by atoms with Crippen LogP contribution in [0.4, 0.5) is 0 Å². The van der Waals surface area contributed by atoms with Crippen molar-refractivity contribution in [2.45, 2.75) is 38.3 Å². The van der Waals surface area contributed by atoms with Gasteiger partial charge in [-0.15, -0.1) is 12.4 Å². The smallest absolute Gasteiger partial charge is 0.222 e. The molecule has 0 aromatic heterocycles. The number of nitrogens with zero attached hydrogens (tertiary/aromatic N) is 1. The van der Waals surface area contributed by atoms with Gasteiger partial charge in [-0.2, -0.15) is 0 Å². The average molecular weight is 352 g/mol. The summed E-state index contributed by atoms with van der Waals surface area (Å²) in [5.74, 6) is 0.470. The van der Waals surface area contributed by atoms with Gasteiger partial charge >= 0.3 is 0 Å². The van der Waals surface area contributed by atoms with Crippen molar-refractivity contribution in [1.29, 1.82) is 0 Å². The highest BCUT2D eigenvalue weighted by Crippen LogP contribution is 2.28. The van der Waals surface area contributed by atoms with Crippen LogP contribution in [0.15, 0.2) is 18.2 Å². The Morgan fingerprint density at radius 3 is 2.62 bits per heavy atom. The van der Waals surface area contributed by atoms with Gasteiger partial charge in [-0.05, 0) is 36.5 Å². The lowest BCUT2D eigenvalue weighted by Gasteiger charge is -2.21. The molecule has 0 aliphatic heterocycles. The van der Waals surface area contributed by atoms with Gasteiger partial charge in [0, 0.05) is 26.1 Å². The quantitative estimate of drug-likeness (QED) is 0.894. The SMILES string of the molecule is CN(Cc1ccc(Cl)c(Cl)c1)C(=O)C[C@@H]1CCC[C@H]1N.Cl. The highest BCUT2D eigenvalue weighted by Gasteiger charge is 2.27. The molecule has 1 aromatic rings. The fourth-order valence-electron chi connectivity index (χ4n) is 2.70. The minimum atomic E-state index is 0. The number of carbonyl (C=O) groups is 1. The molecule has 0 spiro atoms. The minimum Gasteiger partial charge on any atom is -0.341 e. The van der Waals surface area contributed by atoms with Gasteiger partial charge in [0.1, 0.15) is 0 Å². The van der Waals surface area contributed by atoms with Gasteiger partial charge in [0.15, 0.2) is 0 Å². The molecule has 1 saturated carbocycles. The fraction of sp³-hybridized carbons (Fsp3) is 0.533. The number of rotatable bonds is 4. The van der Waals surface area contributed by atoms with Crippen molar-refractivity contribution in [3.63, 3.8) is 0 Å². The van der Waals surface area contributed by atoms with Crippen molar-refractivity contribution in [3.8, 4) is 0 Å². The lowest BCUT2D eigenvalue weighted by molar-refractivity contribution is -0.131. The Hall–Kier alpha value is -0.480. The molecular formula is C15H21Cl3N2O. The Bertz CT molecular complexity index is 496. The molecule has 1 amide bonds. The van der Waals surface area contributed by atoms with Crippen LogP contribution < -0.4 is 5.73 Å². The zero-order chi connectivity index (χ0) is 14.7. The van der Waals surface area contributed by atoms with Crippen LogP contribution in [-0.4, -0.2) is 23.9 Å². The molecule has 118 valence electrons. The summed E-state index contributed by atoms with van der Waals surface area (Å²) < 4.78 is 0. The Balaban J connectivity index is 0.00000220. The summed E-state index contributed by atoms with van der Waals surface area (Å²) in [5.41, 5.74) is 6.99. The topological polar surface area (TPSA) is 46.3 Å². The zero-order valence-corrected chi connectivity index (χ0v) is 14.3. The maximum Gasteiger partial charge on any atom is 0.222 e. The molecular weight excluding hydrogens is 331 g/mol. The first-order chi connectivity index (χ1) is 9.47. The van der Waals surface area contributed by atoms with Gasteiger partial charge in [-0.25, -0.2) is 0 Å². The zero-order valence-electron chi connectivity index (χ0n) is 12.0. The predicted molar refractivity (Wildman–Crippen MR) is 90.1 cm³/mol. The maximum absolute atomic E-state index is 12.2. The van der Waals surface area contributed by atoms with E-state index < -0.39 is 0 Å². The molecule has 1 aromatic carbocycles. The molecule has 0 unspecified atom stereocenters. The molecule has 0 saturated heterocycles. The van der Waals surface area contributed by atoms with Crippen LogP contribution in [-0.2, 0) is 11.3 Å². The second-order valence-corrected chi connectivity index (χ2v) is 6.37. The first kappa shape index (κ1) is 18.6. The van der Waals surface area contributed by atoms with Crippen molar-refractivity contribution < 1.29 is 4.79 Å². The first-order valence-electron chi connectivity index (χ1n) is 6.91. The molecule has 2 atom stereocenters. The molecule has 0 radical (unpaired) electrons. The summed E-state index contributed by atoms with van der Waals surface area (Å²) >= 11 is 11.9. The van der Waals surface area contributed by atoms with E-state index in [0.29, 0.717) is 28.9 Å². The third-order valence-corrected chi connectivity index (χ3v) is 4.72. The van der Waals surface area contributed by atoms with E-state index in [-0.39, 0.29) is 24.4 Å². The Labute approximate surface area is 142 Å². The summed E-state index contributed by atoms with van der Waals surface area (Å²) in [6, 6.07) is 5.62. The van der Waals surface area contributed by atoms with Crippen LogP contribution in [0.1, 0.15) is 31.2 Å². The van der Waals surface area contributed by atoms with Gasteiger partial charge in [0.2, 0.25) is 5.91 Å². The maximum atomic E-state index is 12.2. The van der Waals surface area contributed by atoms with E-state index in [4.69, 9.17) is 28.9 Å². The Morgan fingerprint density at radius 2 is 2.05 bits per heavy atom. The third kappa shape index (κ3) is 5.03. The molecule has 3 nitrogen and oxygen atoms in total. The summed E-state index contributed by atoms with van der Waals surface area (Å²) in [7, 11) is 1.81. The van der Waals surface area contributed by atoms with Gasteiger partial charge < -0.3 is 10.6 Å². The normalized spacial score (nSPS) is 21.0. The summed E-state index contributed by atoms with van der Waals surface area (Å²) in [5, 5.41) is 1.05. The van der Waals surface area contributed by atoms with Crippen LogP contribution in [0.2, 0.25) is 10.0 Å². The molecule has 0 bridgehead atoms. The predicted octanol–water partition coefficient (Wildman–Crippen LogP) is 3.89. The van der Waals surface area contributed by atoms with E-state index >= 15 is 0 Å². The van der Waals surface area contributed by atoms with E-state index in [1.54, 1.807) is 17.0 Å². The number of nitrogens with two attached hydrogens (primary N) is 1. The molecule has 1 fully saturated rings. The number of hydrogen-bond donors (Lipinski definition) is 1. The van der Waals surface area contributed by atoms with Crippen molar-refractivity contribution >= 4 is 41.5 Å². The molecule has 1 aliphatic rings. The second kappa shape index (κ2) is 8.23. The molecule has 0 heterocycles. The van der Waals surface area contributed by atoms with Crippen molar-refractivity contribution in [2.75, 3.05) is 7.05 Å². The standard InChI is InChI=1S/C15H20Cl2N2O.ClH/c1-19(9-10-5-6-12(16)13(17)7-10)15(20)8-11-3-2-4-14(11)18;/h5-7,11,14H,2-4,8-9,18H2,1H3;1H/t11-,14+;/m0./s1. The average Bonchev–Trinajstić information content (AvgIpc) is 2.79. The second-order valence-electron chi connectivity index (χ2n) is 5.56. The Kier molecular flexibility index (Phi) is 7.28. The van der Waals surface area contributed by atoms with Gasteiger partial charge in [0.05, 0.1) is 10.0 Å². The number of benzene rings is 1. The van der Waals surface area contributed by atoms with E-state index in [1.807, 2.05) is 13.1 Å². The third-order valence-electron chi connectivity index (χ3n) is 3.98. The number of amides is 1. The van der Waals surface area contributed by atoms with Crippen molar-refractivity contribution in [1.82, 2.24) is 4.90 Å². The highest BCUT2D eigenvalue weighted by atomic mass is 35.5. The van der Waals surface area contributed by atoms with Crippen molar-refractivity contribution in [3.05, 3.63) is 33.8 Å². The number of hydrogen-bond acceptors (Lipinski definition) is 2. The number of halogens is 3. The lowest BCUT2D eigenvalue weighted by atomic mass is 9.99. The van der Waals surface area contributed by atoms with Crippen LogP contribution in [0.25, 0.3) is 0 Å². The van der Waals surface area contributed by atoms with Crippen LogP contribution >= 0.6 is 35.6 Å². The monoisotopic (exact) mass is 350 g/mol. The largest absolute Gasteiger partial charge is 0.341 e.